The van der Waals surface area contributed by atoms with Gasteiger partial charge in [0.2, 0.25) is 0 Å². The van der Waals surface area contributed by atoms with Crippen LogP contribution in [0, 0.1) is 6.92 Å². The summed E-state index contributed by atoms with van der Waals surface area (Å²) in [6.07, 6.45) is 4.17. The molecule has 4 aromatic rings. The van der Waals surface area contributed by atoms with Crippen LogP contribution in [-0.2, 0) is 0 Å². The molecule has 2 heterocycles. The molecule has 0 spiro atoms. The molecule has 0 aliphatic heterocycles. The molecule has 4 rings (SSSR count). The largest absolute Gasteiger partial charge is 0.306 e. The van der Waals surface area contributed by atoms with Crippen LogP contribution in [0.15, 0.2) is 73.1 Å². The summed E-state index contributed by atoms with van der Waals surface area (Å²) in [4.78, 5) is 4.71. The molecule has 3 heteroatoms. The molecule has 23 heavy (non-hydrogen) atoms. The molecule has 0 aliphatic rings. The molecule has 2 nitrogen and oxygen atoms in total. The van der Waals surface area contributed by atoms with Crippen LogP contribution in [0.3, 0.4) is 0 Å². The molecule has 0 amide bonds. The van der Waals surface area contributed by atoms with Gasteiger partial charge in [-0.25, -0.2) is 4.98 Å². The molecule has 0 radical (unpaired) electrons. The second-order valence-corrected chi connectivity index (χ2v) is 6.05. The van der Waals surface area contributed by atoms with E-state index in [1.807, 2.05) is 25.1 Å². The van der Waals surface area contributed by atoms with Gasteiger partial charge in [-0.15, -0.1) is 0 Å². The van der Waals surface area contributed by atoms with Gasteiger partial charge in [0.1, 0.15) is 5.65 Å². The number of rotatable bonds is 2. The highest BCUT2D eigenvalue weighted by atomic mass is 35.5. The van der Waals surface area contributed by atoms with Gasteiger partial charge in [-0.2, -0.15) is 0 Å². The molecule has 112 valence electrons. The Labute approximate surface area is 140 Å². The predicted molar refractivity (Wildman–Crippen MR) is 95.8 cm³/mol. The van der Waals surface area contributed by atoms with E-state index in [-0.39, 0.29) is 0 Å². The van der Waals surface area contributed by atoms with E-state index in [0.29, 0.717) is 0 Å². The molecule has 0 saturated heterocycles. The van der Waals surface area contributed by atoms with Crippen LogP contribution >= 0.6 is 11.6 Å². The summed E-state index contributed by atoms with van der Waals surface area (Å²) in [5.41, 5.74) is 6.41. The first-order valence-electron chi connectivity index (χ1n) is 7.51. The minimum absolute atomic E-state index is 0.781. The molecule has 2 aromatic heterocycles. The molecule has 2 aromatic carbocycles. The molecule has 0 unspecified atom stereocenters. The van der Waals surface area contributed by atoms with Gasteiger partial charge in [0.25, 0.3) is 0 Å². The minimum Gasteiger partial charge on any atom is -0.306 e. The predicted octanol–water partition coefficient (Wildman–Crippen LogP) is 5.63. The third kappa shape index (κ3) is 2.62. The highest BCUT2D eigenvalue weighted by Gasteiger charge is 2.07. The van der Waals surface area contributed by atoms with Gasteiger partial charge in [-0.1, -0.05) is 48.0 Å². The van der Waals surface area contributed by atoms with Crippen LogP contribution in [0.5, 0.6) is 0 Å². The van der Waals surface area contributed by atoms with Crippen molar-refractivity contribution in [1.29, 1.82) is 0 Å². The number of halogens is 1. The lowest BCUT2D eigenvalue weighted by Crippen LogP contribution is -1.84. The van der Waals surface area contributed by atoms with Crippen molar-refractivity contribution in [3.05, 3.63) is 83.6 Å². The van der Waals surface area contributed by atoms with Gasteiger partial charge in [-0.3, -0.25) is 0 Å². The topological polar surface area (TPSA) is 17.3 Å². The summed E-state index contributed by atoms with van der Waals surface area (Å²) < 4.78 is 2.07. The smallest absolute Gasteiger partial charge is 0.137 e. The Morgan fingerprint density at radius 2 is 1.61 bits per heavy atom. The summed E-state index contributed by atoms with van der Waals surface area (Å²) in [5, 5.41) is 0.781. The van der Waals surface area contributed by atoms with Crippen molar-refractivity contribution in [3.63, 3.8) is 0 Å². The van der Waals surface area contributed by atoms with E-state index in [2.05, 4.69) is 59.3 Å². The van der Waals surface area contributed by atoms with Crippen molar-refractivity contribution >= 4 is 17.2 Å². The van der Waals surface area contributed by atoms with E-state index in [4.69, 9.17) is 16.6 Å². The summed E-state index contributed by atoms with van der Waals surface area (Å²) in [7, 11) is 0. The van der Waals surface area contributed by atoms with Crippen LogP contribution in [0.4, 0.5) is 0 Å². The van der Waals surface area contributed by atoms with Crippen LogP contribution in [0.1, 0.15) is 5.56 Å². The number of pyridine rings is 1. The quantitative estimate of drug-likeness (QED) is 0.468. The summed E-state index contributed by atoms with van der Waals surface area (Å²) >= 11 is 6.11. The van der Waals surface area contributed by atoms with Gasteiger partial charge in [-0.05, 0) is 47.9 Å². The molecule has 0 bridgehead atoms. The zero-order valence-electron chi connectivity index (χ0n) is 12.7. The first-order valence-corrected chi connectivity index (χ1v) is 7.89. The molecule has 0 N–H and O–H groups in total. The molecule has 0 fully saturated rings. The monoisotopic (exact) mass is 318 g/mol. The number of hydrogen-bond donors (Lipinski definition) is 0. The lowest BCUT2D eigenvalue weighted by molar-refractivity contribution is 1.19. The van der Waals surface area contributed by atoms with E-state index in [1.54, 1.807) is 0 Å². The average molecular weight is 319 g/mol. The first kappa shape index (κ1) is 14.0. The highest BCUT2D eigenvalue weighted by Crippen LogP contribution is 2.26. The van der Waals surface area contributed by atoms with E-state index in [9.17, 15) is 0 Å². The maximum atomic E-state index is 6.11. The normalized spacial score (nSPS) is 11.0. The van der Waals surface area contributed by atoms with E-state index >= 15 is 0 Å². The van der Waals surface area contributed by atoms with Crippen molar-refractivity contribution in [2.45, 2.75) is 6.92 Å². The Hall–Kier alpha value is -2.58. The van der Waals surface area contributed by atoms with E-state index in [1.165, 1.54) is 11.1 Å². The lowest BCUT2D eigenvalue weighted by Gasteiger charge is -2.01. The van der Waals surface area contributed by atoms with Crippen LogP contribution < -0.4 is 0 Å². The number of fused-ring (bicyclic) bond motifs is 1. The average Bonchev–Trinajstić information content (AvgIpc) is 3.01. The van der Waals surface area contributed by atoms with Gasteiger partial charge >= 0.3 is 0 Å². The van der Waals surface area contributed by atoms with E-state index < -0.39 is 0 Å². The maximum absolute atomic E-state index is 6.11. The third-order valence-electron chi connectivity index (χ3n) is 4.01. The second kappa shape index (κ2) is 5.56. The van der Waals surface area contributed by atoms with E-state index in [0.717, 1.165) is 27.5 Å². The highest BCUT2D eigenvalue weighted by molar-refractivity contribution is 6.31. The fourth-order valence-corrected chi connectivity index (χ4v) is 2.85. The Morgan fingerprint density at radius 1 is 0.826 bits per heavy atom. The zero-order valence-corrected chi connectivity index (χ0v) is 13.5. The van der Waals surface area contributed by atoms with Gasteiger partial charge < -0.3 is 4.40 Å². The maximum Gasteiger partial charge on any atom is 0.137 e. The lowest BCUT2D eigenvalue weighted by atomic mass is 10.1. The Kier molecular flexibility index (Phi) is 3.40. The summed E-state index contributed by atoms with van der Waals surface area (Å²) in [5.74, 6) is 0. The molecule has 0 aliphatic carbocycles. The SMILES string of the molecule is Cc1cc(-c2cn3cc(-c4ccccc4)ccc3n2)ccc1Cl. The molecular formula is C20H15ClN2. The fraction of sp³-hybridized carbons (Fsp3) is 0.0500. The number of imidazole rings is 1. The second-order valence-electron chi connectivity index (χ2n) is 5.64. The zero-order chi connectivity index (χ0) is 15.8. The van der Waals surface area contributed by atoms with Crippen LogP contribution in [-0.4, -0.2) is 9.38 Å². The number of nitrogens with zero attached hydrogens (tertiary/aromatic N) is 2. The number of benzene rings is 2. The van der Waals surface area contributed by atoms with Crippen molar-refractivity contribution in [2.24, 2.45) is 0 Å². The third-order valence-corrected chi connectivity index (χ3v) is 4.44. The summed E-state index contributed by atoms with van der Waals surface area (Å²) in [6.45, 7) is 2.01. The van der Waals surface area contributed by atoms with Crippen molar-refractivity contribution < 1.29 is 0 Å². The number of aryl methyl sites for hydroxylation is 1. The Bertz CT molecular complexity index is 987. The standard InChI is InChI=1S/C20H15ClN2/c1-14-11-16(7-9-18(14)21)19-13-23-12-17(8-10-20(23)22-19)15-5-3-2-4-6-15/h2-13H,1H3. The summed E-state index contributed by atoms with van der Waals surface area (Å²) in [6, 6.07) is 20.5. The van der Waals surface area contributed by atoms with Gasteiger partial charge in [0.05, 0.1) is 5.69 Å². The Morgan fingerprint density at radius 3 is 2.39 bits per heavy atom. The molecule has 0 saturated carbocycles. The van der Waals surface area contributed by atoms with Crippen molar-refractivity contribution in [2.75, 3.05) is 0 Å². The van der Waals surface area contributed by atoms with Crippen LogP contribution in [0.25, 0.3) is 28.0 Å². The first-order chi connectivity index (χ1) is 11.2. The number of hydrogen-bond acceptors (Lipinski definition) is 1. The van der Waals surface area contributed by atoms with Crippen molar-refractivity contribution in [1.82, 2.24) is 9.38 Å². The molecular weight excluding hydrogens is 304 g/mol. The molecule has 0 atom stereocenters. The van der Waals surface area contributed by atoms with Crippen LogP contribution in [0.2, 0.25) is 5.02 Å². The minimum atomic E-state index is 0.781. The van der Waals surface area contributed by atoms with Gasteiger partial charge in [0, 0.05) is 23.0 Å². The number of aromatic nitrogens is 2. The fourth-order valence-electron chi connectivity index (χ4n) is 2.74. The van der Waals surface area contributed by atoms with Crippen molar-refractivity contribution in [3.8, 4) is 22.4 Å². The van der Waals surface area contributed by atoms with Gasteiger partial charge in [0.15, 0.2) is 0 Å². The Balaban J connectivity index is 1.80.